The zero-order valence-corrected chi connectivity index (χ0v) is 15.8. The van der Waals surface area contributed by atoms with Gasteiger partial charge in [-0.25, -0.2) is 9.82 Å². The number of aromatic nitrogens is 2. The fraction of sp³-hybridized carbons (Fsp3) is 0.0870. The molecule has 1 N–H and O–H groups in total. The summed E-state index contributed by atoms with van der Waals surface area (Å²) in [7, 11) is 0. The molecule has 0 saturated carbocycles. The first-order valence-electron chi connectivity index (χ1n) is 9.19. The Kier molecular flexibility index (Phi) is 5.16. The Morgan fingerprint density at radius 3 is 2.69 bits per heavy atom. The van der Waals surface area contributed by atoms with E-state index in [0.717, 1.165) is 27.7 Å². The highest BCUT2D eigenvalue weighted by molar-refractivity contribution is 6.02. The van der Waals surface area contributed by atoms with Crippen LogP contribution in [-0.2, 0) is 6.54 Å². The number of amides is 1. The van der Waals surface area contributed by atoms with Gasteiger partial charge in [0.1, 0.15) is 5.82 Å². The maximum Gasteiger partial charge on any atom is 0.272 e. The standard InChI is InChI=1S/C23H19FN4O/c1-16-21(14-26-27-23(29)18-5-4-12-25-13-18)20-6-2-3-7-22(20)28(16)15-17-8-10-19(24)11-9-17/h2-14H,15H2,1H3,(H,27,29)/b26-14-. The van der Waals surface area contributed by atoms with Crippen molar-refractivity contribution >= 4 is 23.0 Å². The van der Waals surface area contributed by atoms with Crippen LogP contribution in [-0.4, -0.2) is 21.7 Å². The van der Waals surface area contributed by atoms with Gasteiger partial charge in [0.25, 0.3) is 5.91 Å². The average Bonchev–Trinajstić information content (AvgIpc) is 3.02. The minimum Gasteiger partial charge on any atom is -0.340 e. The van der Waals surface area contributed by atoms with E-state index >= 15 is 0 Å². The van der Waals surface area contributed by atoms with E-state index in [1.165, 1.54) is 18.3 Å². The smallest absolute Gasteiger partial charge is 0.272 e. The number of hydrazone groups is 1. The maximum atomic E-state index is 13.2. The number of hydrogen-bond acceptors (Lipinski definition) is 3. The number of rotatable bonds is 5. The Labute approximate surface area is 167 Å². The highest BCUT2D eigenvalue weighted by Crippen LogP contribution is 2.25. The molecule has 2 heterocycles. The number of carbonyl (C=O) groups excluding carboxylic acids is 1. The second kappa shape index (κ2) is 8.06. The Morgan fingerprint density at radius 1 is 1.14 bits per heavy atom. The molecule has 0 aliphatic carbocycles. The Hall–Kier alpha value is -3.80. The molecule has 0 aliphatic heterocycles. The normalized spacial score (nSPS) is 11.2. The Morgan fingerprint density at radius 2 is 1.93 bits per heavy atom. The number of nitrogens with one attached hydrogen (secondary N) is 1. The van der Waals surface area contributed by atoms with Gasteiger partial charge in [0.05, 0.1) is 11.8 Å². The van der Waals surface area contributed by atoms with Gasteiger partial charge in [0.2, 0.25) is 0 Å². The first kappa shape index (κ1) is 18.6. The van der Waals surface area contributed by atoms with Crippen LogP contribution in [0.2, 0.25) is 0 Å². The highest BCUT2D eigenvalue weighted by Gasteiger charge is 2.13. The van der Waals surface area contributed by atoms with Gasteiger partial charge in [-0.3, -0.25) is 9.78 Å². The van der Waals surface area contributed by atoms with E-state index in [1.54, 1.807) is 36.7 Å². The van der Waals surface area contributed by atoms with Crippen molar-refractivity contribution < 1.29 is 9.18 Å². The third-order valence-electron chi connectivity index (χ3n) is 4.82. The van der Waals surface area contributed by atoms with Crippen molar-refractivity contribution in [3.05, 3.63) is 101 Å². The Bertz CT molecular complexity index is 1180. The lowest BCUT2D eigenvalue weighted by Gasteiger charge is -2.08. The molecule has 2 aromatic heterocycles. The van der Waals surface area contributed by atoms with Crippen molar-refractivity contribution in [2.45, 2.75) is 13.5 Å². The van der Waals surface area contributed by atoms with Crippen LogP contribution >= 0.6 is 0 Å². The van der Waals surface area contributed by atoms with Crippen molar-refractivity contribution in [1.29, 1.82) is 0 Å². The molecule has 2 aromatic carbocycles. The van der Waals surface area contributed by atoms with Crippen LogP contribution in [0.3, 0.4) is 0 Å². The van der Waals surface area contributed by atoms with Crippen molar-refractivity contribution in [3.63, 3.8) is 0 Å². The molecule has 0 atom stereocenters. The van der Waals surface area contributed by atoms with Crippen molar-refractivity contribution in [2.75, 3.05) is 0 Å². The fourth-order valence-electron chi connectivity index (χ4n) is 3.31. The average molecular weight is 386 g/mol. The van der Waals surface area contributed by atoms with Gasteiger partial charge in [-0.1, -0.05) is 30.3 Å². The molecule has 0 radical (unpaired) electrons. The summed E-state index contributed by atoms with van der Waals surface area (Å²) in [5, 5.41) is 5.18. The molecule has 0 unspecified atom stereocenters. The lowest BCUT2D eigenvalue weighted by molar-refractivity contribution is 0.0955. The predicted molar refractivity (Wildman–Crippen MR) is 111 cm³/mol. The summed E-state index contributed by atoms with van der Waals surface area (Å²) in [5.74, 6) is -0.568. The summed E-state index contributed by atoms with van der Waals surface area (Å²) in [5.41, 5.74) is 6.98. The molecule has 4 rings (SSSR count). The summed E-state index contributed by atoms with van der Waals surface area (Å²) in [4.78, 5) is 16.1. The minimum absolute atomic E-state index is 0.250. The molecule has 0 spiro atoms. The monoisotopic (exact) mass is 386 g/mol. The molecule has 0 fully saturated rings. The summed E-state index contributed by atoms with van der Waals surface area (Å²) in [6, 6.07) is 17.9. The van der Waals surface area contributed by atoms with Crippen LogP contribution in [0, 0.1) is 12.7 Å². The topological polar surface area (TPSA) is 59.3 Å². The molecule has 144 valence electrons. The van der Waals surface area contributed by atoms with E-state index in [0.29, 0.717) is 12.1 Å². The van der Waals surface area contributed by atoms with Gasteiger partial charge in [0, 0.05) is 41.1 Å². The quantitative estimate of drug-likeness (QED) is 0.411. The second-order valence-corrected chi connectivity index (χ2v) is 6.67. The first-order valence-corrected chi connectivity index (χ1v) is 9.19. The SMILES string of the molecule is Cc1c(/C=N\NC(=O)c2cccnc2)c2ccccc2n1Cc1ccc(F)cc1. The summed E-state index contributed by atoms with van der Waals surface area (Å²) in [6.45, 7) is 2.62. The molecular formula is C23H19FN4O. The molecule has 1 amide bonds. The third kappa shape index (κ3) is 3.91. The zero-order chi connectivity index (χ0) is 20.2. The van der Waals surface area contributed by atoms with Crippen LogP contribution in [0.15, 0.2) is 78.2 Å². The maximum absolute atomic E-state index is 13.2. The van der Waals surface area contributed by atoms with Gasteiger partial charge in [-0.05, 0) is 42.8 Å². The van der Waals surface area contributed by atoms with E-state index in [-0.39, 0.29) is 11.7 Å². The number of para-hydroxylation sites is 1. The van der Waals surface area contributed by atoms with Crippen molar-refractivity contribution in [3.8, 4) is 0 Å². The van der Waals surface area contributed by atoms with Gasteiger partial charge in [0.15, 0.2) is 0 Å². The van der Waals surface area contributed by atoms with E-state index in [9.17, 15) is 9.18 Å². The van der Waals surface area contributed by atoms with Gasteiger partial charge < -0.3 is 4.57 Å². The lowest BCUT2D eigenvalue weighted by atomic mass is 10.1. The molecule has 6 heteroatoms. The van der Waals surface area contributed by atoms with Gasteiger partial charge >= 0.3 is 0 Å². The molecule has 0 saturated heterocycles. The molecule has 0 bridgehead atoms. The number of pyridine rings is 1. The number of carbonyl (C=O) groups is 1. The molecule has 5 nitrogen and oxygen atoms in total. The second-order valence-electron chi connectivity index (χ2n) is 6.67. The summed E-state index contributed by atoms with van der Waals surface area (Å²) < 4.78 is 15.4. The van der Waals surface area contributed by atoms with E-state index in [1.807, 2.05) is 31.2 Å². The summed E-state index contributed by atoms with van der Waals surface area (Å²) in [6.07, 6.45) is 4.76. The Balaban J connectivity index is 1.63. The molecule has 4 aromatic rings. The van der Waals surface area contributed by atoms with Crippen molar-refractivity contribution in [1.82, 2.24) is 15.0 Å². The molecule has 0 aliphatic rings. The molecular weight excluding hydrogens is 367 g/mol. The van der Waals surface area contributed by atoms with E-state index < -0.39 is 0 Å². The van der Waals surface area contributed by atoms with Crippen LogP contribution in [0.25, 0.3) is 10.9 Å². The highest BCUT2D eigenvalue weighted by atomic mass is 19.1. The minimum atomic E-state index is -0.318. The molecule has 29 heavy (non-hydrogen) atoms. The third-order valence-corrected chi connectivity index (χ3v) is 4.82. The van der Waals surface area contributed by atoms with Crippen LogP contribution < -0.4 is 5.43 Å². The largest absolute Gasteiger partial charge is 0.340 e. The number of nitrogens with zero attached hydrogens (tertiary/aromatic N) is 3. The number of fused-ring (bicyclic) bond motifs is 1. The number of hydrogen-bond donors (Lipinski definition) is 1. The number of benzene rings is 2. The predicted octanol–water partition coefficient (Wildman–Crippen LogP) is 4.30. The zero-order valence-electron chi connectivity index (χ0n) is 15.8. The van der Waals surface area contributed by atoms with Crippen LogP contribution in [0.5, 0.6) is 0 Å². The fourth-order valence-corrected chi connectivity index (χ4v) is 3.31. The van der Waals surface area contributed by atoms with Crippen LogP contribution in [0.1, 0.15) is 27.2 Å². The van der Waals surface area contributed by atoms with Gasteiger partial charge in [-0.15, -0.1) is 0 Å². The van der Waals surface area contributed by atoms with Gasteiger partial charge in [-0.2, -0.15) is 5.10 Å². The van der Waals surface area contributed by atoms with E-state index in [4.69, 9.17) is 0 Å². The number of halogens is 1. The van der Waals surface area contributed by atoms with E-state index in [2.05, 4.69) is 20.1 Å². The first-order chi connectivity index (χ1) is 14.1. The summed E-state index contributed by atoms with van der Waals surface area (Å²) >= 11 is 0. The lowest BCUT2D eigenvalue weighted by Crippen LogP contribution is -2.17. The van der Waals surface area contributed by atoms with Crippen LogP contribution in [0.4, 0.5) is 4.39 Å². The van der Waals surface area contributed by atoms with Crippen molar-refractivity contribution in [2.24, 2.45) is 5.10 Å².